The molecule has 0 saturated carbocycles. The maximum absolute atomic E-state index is 14.0. The van der Waals surface area contributed by atoms with E-state index in [-0.39, 0.29) is 36.4 Å². The van der Waals surface area contributed by atoms with E-state index in [0.717, 1.165) is 11.8 Å². The van der Waals surface area contributed by atoms with Crippen LogP contribution in [0, 0.1) is 5.41 Å². The largest absolute Gasteiger partial charge is 0.487 e. The number of hydrogen-bond donors (Lipinski definition) is 3. The number of rotatable bonds is 4. The number of anilines is 2. The van der Waals surface area contributed by atoms with Crippen LogP contribution in [-0.4, -0.2) is 42.9 Å². The van der Waals surface area contributed by atoms with Crippen molar-refractivity contribution in [1.82, 2.24) is 5.32 Å². The first kappa shape index (κ1) is 22.0. The van der Waals surface area contributed by atoms with Crippen LogP contribution in [-0.2, 0) is 11.2 Å². The normalized spacial score (nSPS) is 22.3. The van der Waals surface area contributed by atoms with Crippen molar-refractivity contribution in [3.05, 3.63) is 41.4 Å². The molecule has 0 atom stereocenters. The fourth-order valence-electron chi connectivity index (χ4n) is 4.21. The Morgan fingerprint density at radius 1 is 1.31 bits per heavy atom. The maximum Gasteiger partial charge on any atom is 0.261 e. The quantitative estimate of drug-likeness (QED) is 0.485. The van der Waals surface area contributed by atoms with Gasteiger partial charge in [-0.2, -0.15) is 0 Å². The SMILES string of the molecule is CC1(C)Cc2cc(NC(=O)/C(C=N)=C3\N=CC=CN3)c(N3CCCC(F)(F)CC3)cc2O1. The average Bonchev–Trinajstić information content (AvgIpc) is 2.91. The Kier molecular flexibility index (Phi) is 5.75. The summed E-state index contributed by atoms with van der Waals surface area (Å²) in [6.45, 7) is 4.59. The smallest absolute Gasteiger partial charge is 0.261 e. The van der Waals surface area contributed by atoms with Crippen LogP contribution in [0.1, 0.15) is 38.7 Å². The number of hydrogen-bond acceptors (Lipinski definition) is 6. The van der Waals surface area contributed by atoms with Gasteiger partial charge in [0.05, 0.1) is 16.9 Å². The van der Waals surface area contributed by atoms with Crippen LogP contribution in [0.25, 0.3) is 0 Å². The third-order valence-corrected chi connectivity index (χ3v) is 5.74. The molecule has 7 nitrogen and oxygen atoms in total. The number of nitrogens with one attached hydrogen (secondary N) is 3. The van der Waals surface area contributed by atoms with Crippen molar-refractivity contribution < 1.29 is 18.3 Å². The summed E-state index contributed by atoms with van der Waals surface area (Å²) in [6.07, 6.45) is 6.39. The van der Waals surface area contributed by atoms with E-state index in [2.05, 4.69) is 15.6 Å². The number of aliphatic imine (C=N–C) groups is 1. The highest BCUT2D eigenvalue weighted by Crippen LogP contribution is 2.43. The van der Waals surface area contributed by atoms with Crippen molar-refractivity contribution in [2.75, 3.05) is 23.3 Å². The monoisotopic (exact) mass is 443 g/mol. The lowest BCUT2D eigenvalue weighted by Crippen LogP contribution is -2.28. The third-order valence-electron chi connectivity index (χ3n) is 5.74. The number of amides is 1. The first-order valence-corrected chi connectivity index (χ1v) is 10.7. The number of alkyl halides is 2. The fourth-order valence-corrected chi connectivity index (χ4v) is 4.21. The van der Waals surface area contributed by atoms with E-state index >= 15 is 0 Å². The molecule has 32 heavy (non-hydrogen) atoms. The van der Waals surface area contributed by atoms with Crippen molar-refractivity contribution in [1.29, 1.82) is 5.41 Å². The number of allylic oxidation sites excluding steroid dienone is 1. The number of carbonyl (C=O) groups is 1. The van der Waals surface area contributed by atoms with Crippen molar-refractivity contribution in [3.8, 4) is 5.75 Å². The molecule has 170 valence electrons. The van der Waals surface area contributed by atoms with E-state index in [1.54, 1.807) is 12.3 Å². The molecule has 3 N–H and O–H groups in total. The lowest BCUT2D eigenvalue weighted by molar-refractivity contribution is -0.112. The molecule has 0 aliphatic carbocycles. The first-order valence-electron chi connectivity index (χ1n) is 10.7. The fraction of sp³-hybridized carbons (Fsp3) is 0.435. The van der Waals surface area contributed by atoms with Crippen LogP contribution in [0.2, 0.25) is 0 Å². The summed E-state index contributed by atoms with van der Waals surface area (Å²) in [7, 11) is 0. The number of halogens is 2. The summed E-state index contributed by atoms with van der Waals surface area (Å²) < 4.78 is 34.0. The number of fused-ring (bicyclic) bond motifs is 1. The zero-order valence-electron chi connectivity index (χ0n) is 18.2. The van der Waals surface area contributed by atoms with Crippen LogP contribution in [0.3, 0.4) is 0 Å². The van der Waals surface area contributed by atoms with Gasteiger partial charge in [-0.1, -0.05) is 0 Å². The molecule has 1 fully saturated rings. The number of nitrogens with zero attached hydrogens (tertiary/aromatic N) is 2. The Morgan fingerprint density at radius 2 is 2.12 bits per heavy atom. The molecule has 0 bridgehead atoms. The number of ether oxygens (including phenoxy) is 1. The summed E-state index contributed by atoms with van der Waals surface area (Å²) in [5, 5.41) is 13.4. The van der Waals surface area contributed by atoms with Crippen LogP contribution >= 0.6 is 0 Å². The average molecular weight is 443 g/mol. The molecule has 3 aliphatic rings. The summed E-state index contributed by atoms with van der Waals surface area (Å²) >= 11 is 0. The molecule has 0 spiro atoms. The zero-order chi connectivity index (χ0) is 22.9. The first-order chi connectivity index (χ1) is 15.2. The van der Waals surface area contributed by atoms with Crippen molar-refractivity contribution in [3.63, 3.8) is 0 Å². The highest BCUT2D eigenvalue weighted by Gasteiger charge is 2.35. The van der Waals surface area contributed by atoms with Crippen molar-refractivity contribution in [2.45, 2.75) is 51.1 Å². The van der Waals surface area contributed by atoms with E-state index in [1.807, 2.05) is 30.9 Å². The minimum absolute atomic E-state index is 0.0658. The van der Waals surface area contributed by atoms with Gasteiger partial charge in [0.1, 0.15) is 17.2 Å². The molecule has 4 rings (SSSR count). The molecule has 1 saturated heterocycles. The van der Waals surface area contributed by atoms with E-state index in [9.17, 15) is 13.6 Å². The van der Waals surface area contributed by atoms with Gasteiger partial charge in [-0.15, -0.1) is 0 Å². The summed E-state index contributed by atoms with van der Waals surface area (Å²) in [6, 6.07) is 3.68. The Labute approximate surface area is 185 Å². The molecule has 0 aromatic heterocycles. The Bertz CT molecular complexity index is 1030. The van der Waals surface area contributed by atoms with Gasteiger partial charge < -0.3 is 25.7 Å². The standard InChI is InChI=1S/C23H27F2N5O2/c1-22(2)13-15-11-17(29-21(31)16(14-26)20-27-7-4-8-28-20)18(12-19(15)32-22)30-9-3-5-23(24,25)6-10-30/h4,7-8,11-12,14,26-27H,3,5-6,9-10,13H2,1-2H3,(H,29,31)/b20-16-,26-14?. The second kappa shape index (κ2) is 8.37. The van der Waals surface area contributed by atoms with Gasteiger partial charge >= 0.3 is 0 Å². The van der Waals surface area contributed by atoms with Gasteiger partial charge in [0.2, 0.25) is 5.92 Å². The predicted molar refractivity (Wildman–Crippen MR) is 121 cm³/mol. The van der Waals surface area contributed by atoms with Gasteiger partial charge in [0.25, 0.3) is 5.91 Å². The molecule has 0 radical (unpaired) electrons. The van der Waals surface area contributed by atoms with Crippen LogP contribution in [0.4, 0.5) is 20.2 Å². The molecule has 1 aromatic rings. The van der Waals surface area contributed by atoms with Crippen molar-refractivity contribution in [2.24, 2.45) is 4.99 Å². The van der Waals surface area contributed by atoms with E-state index in [4.69, 9.17) is 10.1 Å². The topological polar surface area (TPSA) is 89.8 Å². The minimum Gasteiger partial charge on any atom is -0.487 e. The lowest BCUT2D eigenvalue weighted by Gasteiger charge is -2.26. The van der Waals surface area contributed by atoms with Crippen molar-refractivity contribution >= 4 is 29.7 Å². The summed E-state index contributed by atoms with van der Waals surface area (Å²) in [5.74, 6) is -2.23. The van der Waals surface area contributed by atoms with E-state index in [0.29, 0.717) is 36.5 Å². The van der Waals surface area contributed by atoms with Crippen LogP contribution in [0.15, 0.2) is 40.8 Å². The van der Waals surface area contributed by atoms with Crippen LogP contribution < -0.4 is 20.3 Å². The minimum atomic E-state index is -2.69. The maximum atomic E-state index is 14.0. The molecule has 3 aliphatic heterocycles. The molecule has 1 amide bonds. The Morgan fingerprint density at radius 3 is 2.84 bits per heavy atom. The Hall–Kier alpha value is -3.23. The second-order valence-electron chi connectivity index (χ2n) is 8.85. The van der Waals surface area contributed by atoms with E-state index < -0.39 is 11.8 Å². The van der Waals surface area contributed by atoms with Crippen LogP contribution in [0.5, 0.6) is 5.75 Å². The predicted octanol–water partition coefficient (Wildman–Crippen LogP) is 4.01. The third kappa shape index (κ3) is 4.66. The van der Waals surface area contributed by atoms with Gasteiger partial charge in [-0.05, 0) is 32.4 Å². The van der Waals surface area contributed by atoms with E-state index in [1.165, 1.54) is 6.21 Å². The highest BCUT2D eigenvalue weighted by molar-refractivity contribution is 6.18. The summed E-state index contributed by atoms with van der Waals surface area (Å²) in [5.41, 5.74) is 1.77. The number of benzene rings is 1. The second-order valence-corrected chi connectivity index (χ2v) is 8.85. The number of carbonyl (C=O) groups excluding carboxylic acids is 1. The summed E-state index contributed by atoms with van der Waals surface area (Å²) in [4.78, 5) is 19.0. The Balaban J connectivity index is 1.69. The van der Waals surface area contributed by atoms with Gasteiger partial charge in [0.15, 0.2) is 0 Å². The zero-order valence-corrected chi connectivity index (χ0v) is 18.2. The molecular formula is C23H27F2N5O2. The molecule has 0 unspecified atom stereocenters. The highest BCUT2D eigenvalue weighted by atomic mass is 19.3. The molecule has 9 heteroatoms. The molecular weight excluding hydrogens is 416 g/mol. The molecule has 3 heterocycles. The molecule has 1 aromatic carbocycles. The van der Waals surface area contributed by atoms with Gasteiger partial charge in [0, 0.05) is 62.6 Å². The van der Waals surface area contributed by atoms with Gasteiger partial charge in [-0.25, -0.2) is 13.8 Å². The van der Waals surface area contributed by atoms with Gasteiger partial charge in [-0.3, -0.25) is 4.79 Å². The lowest BCUT2D eigenvalue weighted by atomic mass is 10.0.